The van der Waals surface area contributed by atoms with Gasteiger partial charge in [0.25, 0.3) is 5.91 Å². The molecule has 0 spiro atoms. The van der Waals surface area contributed by atoms with Crippen molar-refractivity contribution in [2.75, 3.05) is 0 Å². The molecule has 2 saturated heterocycles. The van der Waals surface area contributed by atoms with Gasteiger partial charge in [0.2, 0.25) is 5.91 Å². The Morgan fingerprint density at radius 3 is 2.56 bits per heavy atom. The molecule has 2 amide bonds. The number of thioether (sulfide) groups is 1. The molecule has 3 rings (SSSR count). The second-order valence-corrected chi connectivity index (χ2v) is 7.92. The summed E-state index contributed by atoms with van der Waals surface area (Å²) in [5.41, 5.74) is 6.31. The molecule has 142 valence electrons. The molecule has 4 atom stereocenters. The second-order valence-electron chi connectivity index (χ2n) is 6.38. The number of carbonyl (C=O) groups excluding carboxylic acids is 2. The van der Waals surface area contributed by atoms with Crippen molar-refractivity contribution in [2.24, 2.45) is 16.7 Å². The lowest BCUT2D eigenvalue weighted by atomic mass is 9.95. The highest BCUT2D eigenvalue weighted by atomic mass is 32.2. The van der Waals surface area contributed by atoms with E-state index < -0.39 is 34.0 Å². The smallest absolute Gasteiger partial charge is 0.325 e. The fourth-order valence-electron chi connectivity index (χ4n) is 3.17. The number of rotatable bonds is 5. The number of carboxylic acids is 1. The van der Waals surface area contributed by atoms with Crippen LogP contribution in [0.25, 0.3) is 0 Å². The number of hydrogen-bond acceptors (Lipinski definition) is 6. The molecule has 0 aromatic heterocycles. The quantitative estimate of drug-likeness (QED) is 0.178. The Labute approximate surface area is 159 Å². The number of primary amides is 1. The summed E-state index contributed by atoms with van der Waals surface area (Å²) in [6.45, 7) is 5.25. The minimum Gasteiger partial charge on any atom is -0.480 e. The van der Waals surface area contributed by atoms with Gasteiger partial charge in [0.05, 0.1) is 0 Å². The molecule has 2 heterocycles. The number of fused-ring (bicyclic) bond motifs is 1. The van der Waals surface area contributed by atoms with Gasteiger partial charge in [-0.1, -0.05) is 36.9 Å². The first-order valence-electron chi connectivity index (χ1n) is 8.04. The Morgan fingerprint density at radius 1 is 1.41 bits per heavy atom. The normalized spacial score (nSPS) is 28.3. The molecule has 0 radical (unpaired) electrons. The number of hydrazone groups is 1. The lowest BCUT2D eigenvalue weighted by molar-refractivity contribution is -0.143. The van der Waals surface area contributed by atoms with E-state index in [1.54, 1.807) is 30.3 Å². The van der Waals surface area contributed by atoms with Crippen LogP contribution >= 0.6 is 11.8 Å². The predicted octanol–water partition coefficient (Wildman–Crippen LogP) is -0.242. The van der Waals surface area contributed by atoms with Gasteiger partial charge in [-0.15, -0.1) is 11.8 Å². The second kappa shape index (κ2) is 6.62. The van der Waals surface area contributed by atoms with E-state index >= 15 is 0 Å². The maximum absolute atomic E-state index is 12.5. The first-order valence-corrected chi connectivity index (χ1v) is 8.92. The first kappa shape index (κ1) is 18.8. The Kier molecular flexibility index (Phi) is 4.60. The number of nitrogens with one attached hydrogen (secondary N) is 1. The molecule has 27 heavy (non-hydrogen) atoms. The molecule has 2 aliphatic heterocycles. The van der Waals surface area contributed by atoms with E-state index in [4.69, 9.17) is 11.6 Å². The molecular weight excluding hydrogens is 370 g/mol. The lowest BCUT2D eigenvalue weighted by Crippen LogP contribution is -2.67. The van der Waals surface area contributed by atoms with Crippen LogP contribution in [0.1, 0.15) is 18.4 Å². The van der Waals surface area contributed by atoms with Crippen LogP contribution in [-0.2, 0) is 14.4 Å². The van der Waals surface area contributed by atoms with E-state index in [0.29, 0.717) is 5.56 Å². The zero-order valence-corrected chi connectivity index (χ0v) is 15.3. The fraction of sp³-hybridized carbons (Fsp3) is 0.294. The Morgan fingerprint density at radius 2 is 2.04 bits per heavy atom. The van der Waals surface area contributed by atoms with E-state index in [9.17, 15) is 19.5 Å². The fourth-order valence-corrected chi connectivity index (χ4v) is 4.65. The van der Waals surface area contributed by atoms with Crippen LogP contribution < -0.4 is 16.9 Å². The Hall–Kier alpha value is -3.01. The summed E-state index contributed by atoms with van der Waals surface area (Å²) < 4.78 is -1.31. The topological polar surface area (TPSA) is 151 Å². The molecule has 0 saturated carbocycles. The summed E-state index contributed by atoms with van der Waals surface area (Å²) in [4.78, 5) is 37.4. The third-order valence-corrected chi connectivity index (χ3v) is 6.39. The number of aliphatic carboxylic acids is 1. The summed E-state index contributed by atoms with van der Waals surface area (Å²) >= 11 is 1.09. The number of benzene rings is 1. The maximum Gasteiger partial charge on any atom is 0.325 e. The number of carbonyl (C=O) groups is 3. The Balaban J connectivity index is 1.84. The third-order valence-electron chi connectivity index (χ3n) is 4.78. The molecule has 0 aliphatic carbocycles. The number of β-lactam (4-membered cyclic amide) rings is 1. The van der Waals surface area contributed by atoms with Crippen molar-refractivity contribution in [3.8, 4) is 0 Å². The standard InChI is InChI=1S/C17H19N5O4S/c1-8-17(2,16(25)26)27-15-11(14(24)22(8)15)20-13(21-19)10(12(18)23)9-6-4-3-5-7-9/h3-7,10-11,15H,1,19H2,2H3,(H2,18,23)(H,20,21)(H,25,26)/t10?,11?,15-,17?/m1/s1. The number of nitrogens with zero attached hydrogens (tertiary/aromatic N) is 2. The van der Waals surface area contributed by atoms with Crippen molar-refractivity contribution >= 4 is 35.4 Å². The van der Waals surface area contributed by atoms with Crippen molar-refractivity contribution in [1.29, 1.82) is 0 Å². The van der Waals surface area contributed by atoms with Crippen molar-refractivity contribution in [3.63, 3.8) is 0 Å². The van der Waals surface area contributed by atoms with Crippen molar-refractivity contribution in [1.82, 2.24) is 10.2 Å². The van der Waals surface area contributed by atoms with Gasteiger partial charge in [-0.2, -0.15) is 5.10 Å². The summed E-state index contributed by atoms with van der Waals surface area (Å²) in [6, 6.07) is 7.88. The van der Waals surface area contributed by atoms with E-state index in [2.05, 4.69) is 17.0 Å². The average molecular weight is 389 g/mol. The summed E-state index contributed by atoms with van der Waals surface area (Å²) in [5, 5.41) is 15.5. The van der Waals surface area contributed by atoms with Gasteiger partial charge >= 0.3 is 5.97 Å². The van der Waals surface area contributed by atoms with Crippen molar-refractivity contribution in [3.05, 3.63) is 48.2 Å². The molecular formula is C17H19N5O4S. The van der Waals surface area contributed by atoms with Crippen LogP contribution in [0.3, 0.4) is 0 Å². The van der Waals surface area contributed by atoms with Crippen LogP contribution in [0, 0.1) is 0 Å². The molecule has 1 aromatic carbocycles. The highest BCUT2D eigenvalue weighted by Gasteiger charge is 2.63. The maximum atomic E-state index is 12.5. The summed E-state index contributed by atoms with van der Waals surface area (Å²) in [7, 11) is 0. The van der Waals surface area contributed by atoms with Crippen LogP contribution in [0.4, 0.5) is 0 Å². The molecule has 2 fully saturated rings. The van der Waals surface area contributed by atoms with Crippen LogP contribution in [0.15, 0.2) is 47.7 Å². The predicted molar refractivity (Wildman–Crippen MR) is 100 cm³/mol. The number of nitrogens with two attached hydrogens (primary N) is 2. The number of hydrogen-bond donors (Lipinski definition) is 4. The first-order chi connectivity index (χ1) is 12.7. The Bertz CT molecular complexity index is 858. The van der Waals surface area contributed by atoms with Gasteiger partial charge in [0.15, 0.2) is 4.75 Å². The highest BCUT2D eigenvalue weighted by molar-refractivity contribution is 8.02. The molecule has 1 aromatic rings. The minimum absolute atomic E-state index is 0.0434. The van der Waals surface area contributed by atoms with Gasteiger partial charge in [0.1, 0.15) is 23.2 Å². The molecule has 2 aliphatic rings. The number of amides is 2. The van der Waals surface area contributed by atoms with Crippen LogP contribution in [0.2, 0.25) is 0 Å². The summed E-state index contributed by atoms with van der Waals surface area (Å²) in [6.07, 6.45) is 0. The number of amidine groups is 1. The molecule has 9 nitrogen and oxygen atoms in total. The highest BCUT2D eigenvalue weighted by Crippen LogP contribution is 2.52. The van der Waals surface area contributed by atoms with E-state index in [1.165, 1.54) is 11.8 Å². The molecule has 0 bridgehead atoms. The zero-order chi connectivity index (χ0) is 19.9. The third kappa shape index (κ3) is 2.81. The minimum atomic E-state index is -1.31. The van der Waals surface area contributed by atoms with Gasteiger partial charge in [-0.3, -0.25) is 19.3 Å². The number of carboxylic acid groups (broad SMARTS) is 1. The van der Waals surface area contributed by atoms with Crippen LogP contribution in [0.5, 0.6) is 0 Å². The van der Waals surface area contributed by atoms with Gasteiger partial charge < -0.3 is 22.0 Å². The zero-order valence-electron chi connectivity index (χ0n) is 14.5. The van der Waals surface area contributed by atoms with E-state index in [1.807, 2.05) is 0 Å². The largest absolute Gasteiger partial charge is 0.480 e. The van der Waals surface area contributed by atoms with Crippen molar-refractivity contribution in [2.45, 2.75) is 29.0 Å². The summed E-state index contributed by atoms with van der Waals surface area (Å²) in [5.74, 6) is 2.43. The SMILES string of the molecule is C=C1N2C(=O)C(NC(=NN)C(C(N)=O)c3ccccc3)[C@H]2SC1(C)C(=O)O. The average Bonchev–Trinajstić information content (AvgIpc) is 2.88. The monoisotopic (exact) mass is 389 g/mol. The molecule has 6 N–H and O–H groups in total. The van der Waals surface area contributed by atoms with Gasteiger partial charge in [0, 0.05) is 5.70 Å². The van der Waals surface area contributed by atoms with Gasteiger partial charge in [-0.25, -0.2) is 0 Å². The lowest BCUT2D eigenvalue weighted by Gasteiger charge is -2.42. The van der Waals surface area contributed by atoms with Crippen LogP contribution in [-0.4, -0.2) is 49.8 Å². The molecule has 10 heteroatoms. The van der Waals surface area contributed by atoms with Crippen molar-refractivity contribution < 1.29 is 19.5 Å². The van der Waals surface area contributed by atoms with Gasteiger partial charge in [-0.05, 0) is 12.5 Å². The molecule has 3 unspecified atom stereocenters. The van der Waals surface area contributed by atoms with E-state index in [-0.39, 0.29) is 17.4 Å². The van der Waals surface area contributed by atoms with E-state index in [0.717, 1.165) is 11.8 Å².